The number of halogens is 4. The minimum absolute atomic E-state index is 0.0887. The van der Waals surface area contributed by atoms with Crippen molar-refractivity contribution in [3.63, 3.8) is 0 Å². The minimum atomic E-state index is -4.70. The molecular formula is C25H23ClF3NO4S. The molecule has 5 nitrogen and oxygen atoms in total. The molecule has 0 saturated heterocycles. The van der Waals surface area contributed by atoms with Gasteiger partial charge in [-0.2, -0.15) is 21.6 Å². The maximum absolute atomic E-state index is 13.2. The van der Waals surface area contributed by atoms with Crippen LogP contribution >= 0.6 is 11.6 Å². The van der Waals surface area contributed by atoms with Crippen LogP contribution in [0.25, 0.3) is 0 Å². The van der Waals surface area contributed by atoms with Gasteiger partial charge in [0, 0.05) is 12.6 Å². The van der Waals surface area contributed by atoms with Crippen molar-refractivity contribution in [2.75, 3.05) is 0 Å². The van der Waals surface area contributed by atoms with Crippen molar-refractivity contribution in [3.8, 4) is 5.75 Å². The van der Waals surface area contributed by atoms with Crippen molar-refractivity contribution in [1.29, 1.82) is 0 Å². The van der Waals surface area contributed by atoms with Gasteiger partial charge in [-0.1, -0.05) is 48.9 Å². The Labute approximate surface area is 207 Å². The molecular weight excluding hydrogens is 503 g/mol. The number of nitrogens with zero attached hydrogens (tertiary/aromatic N) is 1. The van der Waals surface area contributed by atoms with E-state index in [9.17, 15) is 26.4 Å². The zero-order valence-corrected chi connectivity index (χ0v) is 20.5. The summed E-state index contributed by atoms with van der Waals surface area (Å²) in [5.41, 5.74) is -0.186. The van der Waals surface area contributed by atoms with Crippen LogP contribution in [0, 0.1) is 0 Å². The molecule has 0 aliphatic carbocycles. The Hall–Kier alpha value is -3.04. The van der Waals surface area contributed by atoms with E-state index in [4.69, 9.17) is 15.8 Å². The number of benzene rings is 3. The van der Waals surface area contributed by atoms with Gasteiger partial charge in [-0.25, -0.2) is 0 Å². The molecule has 186 valence electrons. The third-order valence-corrected chi connectivity index (χ3v) is 6.97. The number of carbonyl (C=O) groups is 1. The van der Waals surface area contributed by atoms with Crippen molar-refractivity contribution in [1.82, 2.24) is 4.90 Å². The molecule has 0 radical (unpaired) electrons. The van der Waals surface area contributed by atoms with Gasteiger partial charge >= 0.3 is 16.3 Å². The predicted octanol–water partition coefficient (Wildman–Crippen LogP) is 6.57. The van der Waals surface area contributed by atoms with Crippen LogP contribution in [0.4, 0.5) is 13.2 Å². The second-order valence-corrected chi connectivity index (χ2v) is 9.83. The molecule has 0 fully saturated rings. The van der Waals surface area contributed by atoms with Crippen LogP contribution < -0.4 is 4.18 Å². The zero-order valence-electron chi connectivity index (χ0n) is 18.9. The van der Waals surface area contributed by atoms with Crippen LogP contribution in [0.15, 0.2) is 77.7 Å². The van der Waals surface area contributed by atoms with E-state index in [-0.39, 0.29) is 24.2 Å². The molecule has 0 bridgehead atoms. The third-order valence-electron chi connectivity index (χ3n) is 5.40. The molecule has 0 heterocycles. The number of hydrogen-bond acceptors (Lipinski definition) is 4. The molecule has 3 aromatic carbocycles. The smallest absolute Gasteiger partial charge is 0.379 e. The highest BCUT2D eigenvalue weighted by Gasteiger charge is 2.32. The van der Waals surface area contributed by atoms with Crippen molar-refractivity contribution < 1.29 is 30.6 Å². The first kappa shape index (κ1) is 26.6. The summed E-state index contributed by atoms with van der Waals surface area (Å²) in [5.74, 6) is -0.373. The highest BCUT2D eigenvalue weighted by atomic mass is 35.5. The summed E-state index contributed by atoms with van der Waals surface area (Å²) in [5, 5.41) is 0.315. The summed E-state index contributed by atoms with van der Waals surface area (Å²) < 4.78 is 69.3. The number of alkyl halides is 3. The van der Waals surface area contributed by atoms with Gasteiger partial charge in [0.25, 0.3) is 5.91 Å². The van der Waals surface area contributed by atoms with E-state index in [0.29, 0.717) is 28.6 Å². The normalized spacial score (nSPS) is 12.7. The molecule has 3 aromatic rings. The fourth-order valence-corrected chi connectivity index (χ4v) is 4.52. The molecule has 0 spiro atoms. The Kier molecular flexibility index (Phi) is 8.12. The van der Waals surface area contributed by atoms with E-state index in [1.54, 1.807) is 41.3 Å². The Morgan fingerprint density at radius 2 is 1.71 bits per heavy atom. The van der Waals surface area contributed by atoms with Gasteiger partial charge in [0.15, 0.2) is 0 Å². The average molecular weight is 526 g/mol. The first-order valence-electron chi connectivity index (χ1n) is 10.7. The number of rotatable bonds is 8. The lowest BCUT2D eigenvalue weighted by atomic mass is 10.1. The van der Waals surface area contributed by atoms with Crippen LogP contribution in [0.1, 0.15) is 41.8 Å². The molecule has 1 amide bonds. The summed E-state index contributed by atoms with van der Waals surface area (Å²) in [6.07, 6.45) is -4.03. The topological polar surface area (TPSA) is 63.7 Å². The Bertz CT molecular complexity index is 1310. The Morgan fingerprint density at radius 1 is 1.03 bits per heavy atom. The number of carbonyl (C=O) groups excluding carboxylic acids is 1. The predicted molar refractivity (Wildman–Crippen MR) is 127 cm³/mol. The quantitative estimate of drug-likeness (QED) is 0.312. The second kappa shape index (κ2) is 10.7. The van der Waals surface area contributed by atoms with E-state index in [2.05, 4.69) is 0 Å². The molecule has 1 atom stereocenters. The van der Waals surface area contributed by atoms with E-state index in [1.807, 2.05) is 13.8 Å². The highest BCUT2D eigenvalue weighted by Crippen LogP contribution is 2.31. The monoisotopic (exact) mass is 525 g/mol. The minimum Gasteiger partial charge on any atom is -0.379 e. The molecule has 35 heavy (non-hydrogen) atoms. The molecule has 0 saturated carbocycles. The zero-order chi connectivity index (χ0) is 25.8. The van der Waals surface area contributed by atoms with Gasteiger partial charge in [0.05, 0.1) is 16.1 Å². The second-order valence-electron chi connectivity index (χ2n) is 7.88. The summed E-state index contributed by atoms with van der Waals surface area (Å²) in [6.45, 7) is 3.95. The van der Waals surface area contributed by atoms with E-state index in [1.165, 1.54) is 12.1 Å². The molecule has 1 unspecified atom stereocenters. The van der Waals surface area contributed by atoms with Gasteiger partial charge < -0.3 is 9.08 Å². The molecule has 0 aliphatic rings. The number of amides is 1. The van der Waals surface area contributed by atoms with Gasteiger partial charge in [0.2, 0.25) is 0 Å². The van der Waals surface area contributed by atoms with Crippen LogP contribution in [0.2, 0.25) is 5.02 Å². The standard InChI is InChI=1S/C25H23ClF3NO4S/c1-3-17(2)30(24(31)22-12-4-5-13-23(22)26)16-18-8-6-10-20(14-18)34-35(32,33)21-11-7-9-19(15-21)25(27,28)29/h4-15,17H,3,16H2,1-2H3. The largest absolute Gasteiger partial charge is 0.416 e. The summed E-state index contributed by atoms with van der Waals surface area (Å²) in [7, 11) is -4.53. The van der Waals surface area contributed by atoms with Gasteiger partial charge in [0.1, 0.15) is 10.6 Å². The van der Waals surface area contributed by atoms with Crippen LogP contribution in [-0.4, -0.2) is 25.3 Å². The van der Waals surface area contributed by atoms with Gasteiger partial charge in [-0.05, 0) is 61.4 Å². The van der Waals surface area contributed by atoms with Crippen molar-refractivity contribution >= 4 is 27.6 Å². The lowest BCUT2D eigenvalue weighted by Crippen LogP contribution is -2.38. The lowest BCUT2D eigenvalue weighted by molar-refractivity contribution is -0.137. The summed E-state index contributed by atoms with van der Waals surface area (Å²) in [6, 6.07) is 15.9. The molecule has 3 rings (SSSR count). The summed E-state index contributed by atoms with van der Waals surface area (Å²) >= 11 is 6.20. The summed E-state index contributed by atoms with van der Waals surface area (Å²) in [4.78, 5) is 14.2. The van der Waals surface area contributed by atoms with Gasteiger partial charge in [-0.3, -0.25) is 4.79 Å². The van der Waals surface area contributed by atoms with Crippen LogP contribution in [-0.2, 0) is 22.8 Å². The van der Waals surface area contributed by atoms with E-state index >= 15 is 0 Å². The highest BCUT2D eigenvalue weighted by molar-refractivity contribution is 7.87. The SMILES string of the molecule is CCC(C)N(Cc1cccc(OS(=O)(=O)c2cccc(C(F)(F)F)c2)c1)C(=O)c1ccccc1Cl. The first-order chi connectivity index (χ1) is 16.4. The number of hydrogen-bond donors (Lipinski definition) is 0. The van der Waals surface area contributed by atoms with Crippen LogP contribution in [0.3, 0.4) is 0 Å². The van der Waals surface area contributed by atoms with Gasteiger partial charge in [-0.15, -0.1) is 0 Å². The Balaban J connectivity index is 1.86. The molecule has 0 N–H and O–H groups in total. The van der Waals surface area contributed by atoms with Crippen molar-refractivity contribution in [2.24, 2.45) is 0 Å². The maximum Gasteiger partial charge on any atom is 0.416 e. The average Bonchev–Trinajstić information content (AvgIpc) is 2.81. The third kappa shape index (κ3) is 6.55. The Morgan fingerprint density at radius 3 is 2.37 bits per heavy atom. The first-order valence-corrected chi connectivity index (χ1v) is 12.5. The fourth-order valence-electron chi connectivity index (χ4n) is 3.33. The van der Waals surface area contributed by atoms with E-state index in [0.717, 1.165) is 18.2 Å². The fraction of sp³-hybridized carbons (Fsp3) is 0.240. The van der Waals surface area contributed by atoms with Crippen molar-refractivity contribution in [2.45, 2.75) is 43.9 Å². The van der Waals surface area contributed by atoms with Crippen molar-refractivity contribution in [3.05, 3.63) is 94.5 Å². The molecule has 0 aromatic heterocycles. The van der Waals surface area contributed by atoms with Crippen LogP contribution in [0.5, 0.6) is 5.75 Å². The molecule has 10 heteroatoms. The van der Waals surface area contributed by atoms with E-state index < -0.39 is 26.8 Å². The maximum atomic E-state index is 13.2. The molecule has 0 aliphatic heterocycles. The lowest BCUT2D eigenvalue weighted by Gasteiger charge is -2.29.